The van der Waals surface area contributed by atoms with Gasteiger partial charge in [0.05, 0.1) is 0 Å². The lowest BCUT2D eigenvalue weighted by Crippen LogP contribution is -1.89. The van der Waals surface area contributed by atoms with Crippen molar-refractivity contribution in [1.29, 1.82) is 0 Å². The van der Waals surface area contributed by atoms with Gasteiger partial charge >= 0.3 is 5.97 Å². The second-order valence-electron chi connectivity index (χ2n) is 3.79. The van der Waals surface area contributed by atoms with E-state index >= 15 is 0 Å². The first-order valence-electron chi connectivity index (χ1n) is 4.98. The highest BCUT2D eigenvalue weighted by molar-refractivity contribution is 7.17. The summed E-state index contributed by atoms with van der Waals surface area (Å²) < 4.78 is 0. The Hall–Kier alpha value is -1.61. The van der Waals surface area contributed by atoms with Crippen LogP contribution >= 0.6 is 11.3 Å². The Labute approximate surface area is 98.2 Å². The quantitative estimate of drug-likeness (QED) is 0.856. The van der Waals surface area contributed by atoms with Crippen LogP contribution < -0.4 is 0 Å². The molecule has 0 atom stereocenters. The average Bonchev–Trinajstić information content (AvgIpc) is 2.66. The highest BCUT2D eigenvalue weighted by Crippen LogP contribution is 2.30. The van der Waals surface area contributed by atoms with E-state index in [0.29, 0.717) is 4.88 Å². The molecular weight excluding hydrogens is 220 g/mol. The number of aromatic carboxylic acids is 1. The van der Waals surface area contributed by atoms with Crippen molar-refractivity contribution in [3.63, 3.8) is 0 Å². The maximum absolute atomic E-state index is 10.8. The van der Waals surface area contributed by atoms with Gasteiger partial charge in [-0.2, -0.15) is 0 Å². The van der Waals surface area contributed by atoms with Crippen molar-refractivity contribution >= 4 is 17.3 Å². The molecule has 0 aliphatic rings. The maximum Gasteiger partial charge on any atom is 0.345 e. The molecule has 1 aromatic heterocycles. The first-order chi connectivity index (χ1) is 7.58. The smallest absolute Gasteiger partial charge is 0.345 e. The van der Waals surface area contributed by atoms with Crippen LogP contribution in [0.3, 0.4) is 0 Å². The van der Waals surface area contributed by atoms with Gasteiger partial charge in [-0.1, -0.05) is 23.8 Å². The Morgan fingerprint density at radius 3 is 2.50 bits per heavy atom. The molecular formula is C13H12O2S. The van der Waals surface area contributed by atoms with E-state index in [1.165, 1.54) is 22.5 Å². The van der Waals surface area contributed by atoms with E-state index in [4.69, 9.17) is 5.11 Å². The molecule has 1 heterocycles. The predicted octanol–water partition coefficient (Wildman–Crippen LogP) is 3.73. The van der Waals surface area contributed by atoms with Gasteiger partial charge in [0.1, 0.15) is 4.88 Å². The van der Waals surface area contributed by atoms with Crippen LogP contribution in [0.2, 0.25) is 0 Å². The summed E-state index contributed by atoms with van der Waals surface area (Å²) in [5, 5.41) is 8.87. The molecule has 82 valence electrons. The summed E-state index contributed by atoms with van der Waals surface area (Å²) in [6, 6.07) is 9.72. The lowest BCUT2D eigenvalue weighted by molar-refractivity contribution is 0.0702. The summed E-state index contributed by atoms with van der Waals surface area (Å²) in [5.41, 5.74) is 3.51. The van der Waals surface area contributed by atoms with Crippen LogP contribution in [0, 0.1) is 13.8 Å². The molecule has 0 amide bonds. The van der Waals surface area contributed by atoms with E-state index < -0.39 is 5.97 Å². The third-order valence-corrected chi connectivity index (χ3v) is 3.57. The zero-order valence-electron chi connectivity index (χ0n) is 9.15. The summed E-state index contributed by atoms with van der Waals surface area (Å²) in [5.74, 6) is -0.860. The van der Waals surface area contributed by atoms with Gasteiger partial charge in [0.15, 0.2) is 0 Å². The molecule has 0 aliphatic heterocycles. The molecule has 0 saturated carbocycles. The normalized spacial score (nSPS) is 10.4. The monoisotopic (exact) mass is 232 g/mol. The summed E-state index contributed by atoms with van der Waals surface area (Å²) >= 11 is 1.31. The summed E-state index contributed by atoms with van der Waals surface area (Å²) in [6.07, 6.45) is 0. The average molecular weight is 232 g/mol. The number of hydrogen-bond acceptors (Lipinski definition) is 2. The van der Waals surface area contributed by atoms with Gasteiger partial charge in [0.25, 0.3) is 0 Å². The number of benzene rings is 1. The fourth-order valence-corrected chi connectivity index (χ4v) is 2.62. The van der Waals surface area contributed by atoms with E-state index in [0.717, 1.165) is 10.4 Å². The second kappa shape index (κ2) is 4.10. The molecule has 1 aromatic carbocycles. The zero-order valence-corrected chi connectivity index (χ0v) is 9.97. The number of hydrogen-bond donors (Lipinski definition) is 1. The van der Waals surface area contributed by atoms with Crippen LogP contribution in [0.15, 0.2) is 30.3 Å². The van der Waals surface area contributed by atoms with Gasteiger partial charge in [-0.25, -0.2) is 4.79 Å². The third-order valence-electron chi connectivity index (χ3n) is 2.46. The van der Waals surface area contributed by atoms with Gasteiger partial charge in [0.2, 0.25) is 0 Å². The van der Waals surface area contributed by atoms with Gasteiger partial charge in [-0.15, -0.1) is 11.3 Å². The Balaban J connectivity index is 2.46. The molecule has 2 nitrogen and oxygen atoms in total. The number of aryl methyl sites for hydroxylation is 2. The Kier molecular flexibility index (Phi) is 2.79. The predicted molar refractivity (Wildman–Crippen MR) is 66.2 cm³/mol. The molecule has 0 radical (unpaired) electrons. The van der Waals surface area contributed by atoms with Crippen LogP contribution in [0.25, 0.3) is 10.4 Å². The first-order valence-corrected chi connectivity index (χ1v) is 5.80. The first kappa shape index (κ1) is 10.9. The van der Waals surface area contributed by atoms with E-state index in [9.17, 15) is 4.79 Å². The van der Waals surface area contributed by atoms with E-state index in [1.54, 1.807) is 6.07 Å². The van der Waals surface area contributed by atoms with Crippen LogP contribution in [0.5, 0.6) is 0 Å². The van der Waals surface area contributed by atoms with E-state index in [1.807, 2.05) is 32.0 Å². The van der Waals surface area contributed by atoms with E-state index in [-0.39, 0.29) is 0 Å². The SMILES string of the molecule is Cc1ccc(-c2ccc(C(=O)O)s2)c(C)c1. The van der Waals surface area contributed by atoms with Crippen LogP contribution in [-0.4, -0.2) is 11.1 Å². The third kappa shape index (κ3) is 1.99. The van der Waals surface area contributed by atoms with Crippen LogP contribution in [0.4, 0.5) is 0 Å². The van der Waals surface area contributed by atoms with Crippen molar-refractivity contribution in [2.45, 2.75) is 13.8 Å². The molecule has 2 rings (SSSR count). The van der Waals surface area contributed by atoms with Gasteiger partial charge in [0, 0.05) is 4.88 Å². The Morgan fingerprint density at radius 2 is 1.94 bits per heavy atom. The van der Waals surface area contributed by atoms with Crippen molar-refractivity contribution in [2.24, 2.45) is 0 Å². The Morgan fingerprint density at radius 1 is 1.19 bits per heavy atom. The van der Waals surface area contributed by atoms with Crippen molar-refractivity contribution in [2.75, 3.05) is 0 Å². The largest absolute Gasteiger partial charge is 0.477 e. The van der Waals surface area contributed by atoms with Gasteiger partial charge in [-0.05, 0) is 37.1 Å². The number of rotatable bonds is 2. The fraction of sp³-hybridized carbons (Fsp3) is 0.154. The number of carboxylic acid groups (broad SMARTS) is 1. The lowest BCUT2D eigenvalue weighted by Gasteiger charge is -2.03. The van der Waals surface area contributed by atoms with Crippen LogP contribution in [0.1, 0.15) is 20.8 Å². The zero-order chi connectivity index (χ0) is 11.7. The number of carbonyl (C=O) groups is 1. The second-order valence-corrected chi connectivity index (χ2v) is 4.87. The van der Waals surface area contributed by atoms with Crippen molar-refractivity contribution in [1.82, 2.24) is 0 Å². The van der Waals surface area contributed by atoms with Crippen molar-refractivity contribution in [3.05, 3.63) is 46.3 Å². The molecule has 2 aromatic rings. The maximum atomic E-state index is 10.8. The Bertz CT molecular complexity index is 541. The molecule has 0 spiro atoms. The van der Waals surface area contributed by atoms with Crippen molar-refractivity contribution < 1.29 is 9.90 Å². The molecule has 16 heavy (non-hydrogen) atoms. The van der Waals surface area contributed by atoms with Crippen LogP contribution in [-0.2, 0) is 0 Å². The van der Waals surface area contributed by atoms with Gasteiger partial charge < -0.3 is 5.11 Å². The molecule has 0 saturated heterocycles. The topological polar surface area (TPSA) is 37.3 Å². The number of carboxylic acids is 1. The summed E-state index contributed by atoms with van der Waals surface area (Å²) in [6.45, 7) is 4.09. The standard InChI is InChI=1S/C13H12O2S/c1-8-3-4-10(9(2)7-8)11-5-6-12(16-11)13(14)15/h3-7H,1-2H3,(H,14,15). The minimum atomic E-state index is -0.860. The summed E-state index contributed by atoms with van der Waals surface area (Å²) in [4.78, 5) is 12.2. The minimum absolute atomic E-state index is 0.384. The molecule has 0 unspecified atom stereocenters. The van der Waals surface area contributed by atoms with E-state index in [2.05, 4.69) is 6.07 Å². The molecule has 0 aliphatic carbocycles. The van der Waals surface area contributed by atoms with Gasteiger partial charge in [-0.3, -0.25) is 0 Å². The molecule has 0 bridgehead atoms. The minimum Gasteiger partial charge on any atom is -0.477 e. The number of thiophene rings is 1. The highest BCUT2D eigenvalue weighted by Gasteiger charge is 2.09. The fourth-order valence-electron chi connectivity index (χ4n) is 1.69. The molecule has 0 fully saturated rings. The summed E-state index contributed by atoms with van der Waals surface area (Å²) in [7, 11) is 0. The highest BCUT2D eigenvalue weighted by atomic mass is 32.1. The lowest BCUT2D eigenvalue weighted by atomic mass is 10.0. The molecule has 1 N–H and O–H groups in total. The van der Waals surface area contributed by atoms with Crippen molar-refractivity contribution in [3.8, 4) is 10.4 Å². The molecule has 3 heteroatoms.